The van der Waals surface area contributed by atoms with Crippen LogP contribution in [0.4, 0.5) is 4.39 Å². The van der Waals surface area contributed by atoms with Gasteiger partial charge in [0.25, 0.3) is 0 Å². The van der Waals surface area contributed by atoms with Crippen molar-refractivity contribution in [1.29, 1.82) is 0 Å². The predicted octanol–water partition coefficient (Wildman–Crippen LogP) is 5.37. The summed E-state index contributed by atoms with van der Waals surface area (Å²) in [6, 6.07) is 0. The van der Waals surface area contributed by atoms with Crippen molar-refractivity contribution >= 4 is 0 Å². The fourth-order valence-electron chi connectivity index (χ4n) is 2.09. The maximum atomic E-state index is 13.5. The molecule has 0 aromatic carbocycles. The molecule has 0 bridgehead atoms. The van der Waals surface area contributed by atoms with Crippen molar-refractivity contribution in [3.8, 4) is 0 Å². The Kier molecular flexibility index (Phi) is 9.13. The van der Waals surface area contributed by atoms with Gasteiger partial charge in [-0.05, 0) is 31.1 Å². The molecular weight excluding hydrogens is 187 g/mol. The van der Waals surface area contributed by atoms with Crippen molar-refractivity contribution in [3.63, 3.8) is 0 Å². The first-order chi connectivity index (χ1) is 7.10. The summed E-state index contributed by atoms with van der Waals surface area (Å²) in [4.78, 5) is 0. The Morgan fingerprint density at radius 3 is 2.13 bits per heavy atom. The van der Waals surface area contributed by atoms with Gasteiger partial charge < -0.3 is 0 Å². The van der Waals surface area contributed by atoms with Crippen LogP contribution >= 0.6 is 0 Å². The highest BCUT2D eigenvalue weighted by atomic mass is 19.1. The van der Waals surface area contributed by atoms with Gasteiger partial charge in [-0.1, -0.05) is 53.4 Å². The summed E-state index contributed by atoms with van der Waals surface area (Å²) >= 11 is 0. The van der Waals surface area contributed by atoms with Gasteiger partial charge in [-0.3, -0.25) is 0 Å². The second kappa shape index (κ2) is 9.18. The van der Waals surface area contributed by atoms with E-state index >= 15 is 0 Å². The average Bonchev–Trinajstić information content (AvgIpc) is 2.17. The third kappa shape index (κ3) is 8.89. The maximum Gasteiger partial charge on any atom is 0.100 e. The van der Waals surface area contributed by atoms with Crippen LogP contribution in [0.15, 0.2) is 0 Å². The number of halogens is 1. The molecule has 0 spiro atoms. The highest BCUT2D eigenvalue weighted by Gasteiger charge is 2.12. The van der Waals surface area contributed by atoms with Gasteiger partial charge in [-0.15, -0.1) is 0 Å². The van der Waals surface area contributed by atoms with Crippen molar-refractivity contribution in [1.82, 2.24) is 0 Å². The van der Waals surface area contributed by atoms with Crippen molar-refractivity contribution in [2.45, 2.75) is 78.8 Å². The van der Waals surface area contributed by atoms with E-state index in [0.29, 0.717) is 5.92 Å². The van der Waals surface area contributed by atoms with Gasteiger partial charge in [-0.25, -0.2) is 4.39 Å². The molecule has 0 aromatic heterocycles. The van der Waals surface area contributed by atoms with Crippen LogP contribution < -0.4 is 0 Å². The number of unbranched alkanes of at least 4 members (excludes halogenated alkanes) is 1. The van der Waals surface area contributed by atoms with E-state index in [1.807, 2.05) is 0 Å². The van der Waals surface area contributed by atoms with Gasteiger partial charge in [0.15, 0.2) is 0 Å². The van der Waals surface area contributed by atoms with Crippen molar-refractivity contribution < 1.29 is 4.39 Å². The normalized spacial score (nSPS) is 15.6. The minimum absolute atomic E-state index is 0.496. The third-order valence-electron chi connectivity index (χ3n) is 3.16. The van der Waals surface area contributed by atoms with Gasteiger partial charge in [0.05, 0.1) is 0 Å². The van der Waals surface area contributed by atoms with Crippen LogP contribution in [0.1, 0.15) is 72.6 Å². The van der Waals surface area contributed by atoms with Gasteiger partial charge in [0.2, 0.25) is 0 Å². The standard InChI is InChI=1S/C14H29F/c1-5-7-8-13(6-2)9-10-14(15)11-12(3)4/h12-14H,5-11H2,1-4H3. The topological polar surface area (TPSA) is 0 Å². The molecule has 0 saturated carbocycles. The molecule has 2 atom stereocenters. The van der Waals surface area contributed by atoms with Crippen LogP contribution in [-0.4, -0.2) is 6.17 Å². The van der Waals surface area contributed by atoms with E-state index in [1.165, 1.54) is 25.7 Å². The highest BCUT2D eigenvalue weighted by molar-refractivity contribution is 4.64. The Hall–Kier alpha value is -0.0700. The predicted molar refractivity (Wildman–Crippen MR) is 66.9 cm³/mol. The molecule has 0 fully saturated rings. The number of hydrogen-bond acceptors (Lipinski definition) is 0. The van der Waals surface area contributed by atoms with Crippen LogP contribution in [0.2, 0.25) is 0 Å². The minimum Gasteiger partial charge on any atom is -0.247 e. The molecule has 0 aliphatic rings. The number of rotatable bonds is 9. The second-order valence-electron chi connectivity index (χ2n) is 5.22. The molecule has 0 rings (SSSR count). The first-order valence-corrected chi connectivity index (χ1v) is 6.74. The summed E-state index contributed by atoms with van der Waals surface area (Å²) in [6.45, 7) is 8.65. The summed E-state index contributed by atoms with van der Waals surface area (Å²) in [6.07, 6.45) is 7.12. The molecule has 15 heavy (non-hydrogen) atoms. The molecule has 0 aromatic rings. The molecule has 0 nitrogen and oxygen atoms in total. The SMILES string of the molecule is CCCCC(CC)CCC(F)CC(C)C. The minimum atomic E-state index is -0.569. The molecule has 0 N–H and O–H groups in total. The fourth-order valence-corrected chi connectivity index (χ4v) is 2.09. The van der Waals surface area contributed by atoms with Crippen molar-refractivity contribution in [2.24, 2.45) is 11.8 Å². The van der Waals surface area contributed by atoms with Gasteiger partial charge in [0, 0.05) is 0 Å². The molecule has 1 heteroatoms. The molecule has 0 radical (unpaired) electrons. The smallest absolute Gasteiger partial charge is 0.100 e. The summed E-state index contributed by atoms with van der Waals surface area (Å²) in [5.74, 6) is 1.26. The Morgan fingerprint density at radius 2 is 1.67 bits per heavy atom. The van der Waals surface area contributed by atoms with E-state index in [1.54, 1.807) is 0 Å². The van der Waals surface area contributed by atoms with Gasteiger partial charge in [-0.2, -0.15) is 0 Å². The molecule has 2 unspecified atom stereocenters. The van der Waals surface area contributed by atoms with Crippen molar-refractivity contribution in [2.75, 3.05) is 0 Å². The van der Waals surface area contributed by atoms with E-state index < -0.39 is 6.17 Å². The zero-order valence-electron chi connectivity index (χ0n) is 11.1. The first-order valence-electron chi connectivity index (χ1n) is 6.74. The van der Waals surface area contributed by atoms with Gasteiger partial charge in [0.1, 0.15) is 6.17 Å². The molecule has 0 heterocycles. The third-order valence-corrected chi connectivity index (χ3v) is 3.16. The lowest BCUT2D eigenvalue weighted by Gasteiger charge is -2.16. The Morgan fingerprint density at radius 1 is 1.00 bits per heavy atom. The average molecular weight is 216 g/mol. The molecule has 0 aliphatic heterocycles. The Balaban J connectivity index is 3.60. The van der Waals surface area contributed by atoms with E-state index in [4.69, 9.17) is 0 Å². The van der Waals surface area contributed by atoms with Crippen LogP contribution in [0.25, 0.3) is 0 Å². The lowest BCUT2D eigenvalue weighted by molar-refractivity contribution is 0.242. The van der Waals surface area contributed by atoms with Crippen molar-refractivity contribution in [3.05, 3.63) is 0 Å². The monoisotopic (exact) mass is 216 g/mol. The summed E-state index contributed by atoms with van der Waals surface area (Å²) in [5, 5.41) is 0. The zero-order chi connectivity index (χ0) is 11.7. The lowest BCUT2D eigenvalue weighted by atomic mass is 9.92. The van der Waals surface area contributed by atoms with E-state index in [0.717, 1.165) is 25.2 Å². The largest absolute Gasteiger partial charge is 0.247 e. The molecule has 0 aliphatic carbocycles. The highest BCUT2D eigenvalue weighted by Crippen LogP contribution is 2.22. The quantitative estimate of drug-likeness (QED) is 0.486. The zero-order valence-corrected chi connectivity index (χ0v) is 11.1. The first kappa shape index (κ1) is 14.9. The van der Waals surface area contributed by atoms with E-state index in [2.05, 4.69) is 27.7 Å². The van der Waals surface area contributed by atoms with Crippen LogP contribution in [0.5, 0.6) is 0 Å². The summed E-state index contributed by atoms with van der Waals surface area (Å²) in [5.41, 5.74) is 0. The van der Waals surface area contributed by atoms with E-state index in [-0.39, 0.29) is 0 Å². The second-order valence-corrected chi connectivity index (χ2v) is 5.22. The molecule has 92 valence electrons. The number of alkyl halides is 1. The number of hydrogen-bond donors (Lipinski definition) is 0. The van der Waals surface area contributed by atoms with Crippen LogP contribution in [-0.2, 0) is 0 Å². The van der Waals surface area contributed by atoms with Crippen LogP contribution in [0.3, 0.4) is 0 Å². The van der Waals surface area contributed by atoms with Gasteiger partial charge >= 0.3 is 0 Å². The fraction of sp³-hybridized carbons (Fsp3) is 1.00. The van der Waals surface area contributed by atoms with Crippen LogP contribution in [0, 0.1) is 11.8 Å². The Labute approximate surface area is 95.6 Å². The summed E-state index contributed by atoms with van der Waals surface area (Å²) in [7, 11) is 0. The molecule has 0 saturated heterocycles. The maximum absolute atomic E-state index is 13.5. The van der Waals surface area contributed by atoms with E-state index in [9.17, 15) is 4.39 Å². The molecular formula is C14H29F. The lowest BCUT2D eigenvalue weighted by Crippen LogP contribution is -2.08. The molecule has 0 amide bonds. The summed E-state index contributed by atoms with van der Waals surface area (Å²) < 4.78 is 13.5. The Bertz CT molecular complexity index is 131.